The van der Waals surface area contributed by atoms with Gasteiger partial charge in [0.1, 0.15) is 6.42 Å². The van der Waals surface area contributed by atoms with Gasteiger partial charge in [-0.2, -0.15) is 0 Å². The van der Waals surface area contributed by atoms with E-state index in [0.717, 1.165) is 39.1 Å². The highest BCUT2D eigenvalue weighted by Gasteiger charge is 2.21. The van der Waals surface area contributed by atoms with Crippen LogP contribution in [-0.2, 0) is 14.3 Å². The molecular weight excluding hydrogens is 246 g/mol. The molecule has 0 saturated carbocycles. The molecular formula is C13H25N3O3. The Morgan fingerprint density at radius 2 is 1.89 bits per heavy atom. The lowest BCUT2D eigenvalue weighted by atomic mass is 10.2. The van der Waals surface area contributed by atoms with Crippen molar-refractivity contribution in [3.05, 3.63) is 0 Å². The second-order valence-corrected chi connectivity index (χ2v) is 4.69. The highest BCUT2D eigenvalue weighted by Crippen LogP contribution is 2.03. The molecule has 19 heavy (non-hydrogen) atoms. The summed E-state index contributed by atoms with van der Waals surface area (Å²) in [5.74, 6) is -0.265. The zero-order valence-electron chi connectivity index (χ0n) is 12.0. The number of rotatable bonds is 7. The summed E-state index contributed by atoms with van der Waals surface area (Å²) in [5, 5.41) is 2.73. The van der Waals surface area contributed by atoms with Gasteiger partial charge in [-0.15, -0.1) is 0 Å². The topological polar surface area (TPSA) is 61.9 Å². The lowest BCUT2D eigenvalue weighted by Crippen LogP contribution is -2.49. The number of amides is 2. The summed E-state index contributed by atoms with van der Waals surface area (Å²) in [4.78, 5) is 27.6. The van der Waals surface area contributed by atoms with E-state index in [1.165, 1.54) is 0 Å². The second-order valence-electron chi connectivity index (χ2n) is 4.69. The van der Waals surface area contributed by atoms with Gasteiger partial charge in [0.2, 0.25) is 11.8 Å². The first-order valence-electron chi connectivity index (χ1n) is 6.93. The Morgan fingerprint density at radius 3 is 2.47 bits per heavy atom. The Bertz CT molecular complexity index is 289. The number of likely N-dealkylation sites (N-methyl/N-ethyl adjacent to an activating group) is 1. The van der Waals surface area contributed by atoms with Gasteiger partial charge >= 0.3 is 0 Å². The normalized spacial score (nSPS) is 16.4. The summed E-state index contributed by atoms with van der Waals surface area (Å²) >= 11 is 0. The molecule has 1 saturated heterocycles. The summed E-state index contributed by atoms with van der Waals surface area (Å²) < 4.78 is 4.89. The van der Waals surface area contributed by atoms with Gasteiger partial charge in [-0.1, -0.05) is 6.92 Å². The largest absolute Gasteiger partial charge is 0.385 e. The summed E-state index contributed by atoms with van der Waals surface area (Å²) in [7, 11) is 1.63. The number of hydrogen-bond donors (Lipinski definition) is 1. The van der Waals surface area contributed by atoms with Crippen molar-refractivity contribution in [2.45, 2.75) is 19.8 Å². The van der Waals surface area contributed by atoms with Gasteiger partial charge in [-0.05, 0) is 13.0 Å². The molecule has 2 amide bonds. The van der Waals surface area contributed by atoms with E-state index in [4.69, 9.17) is 4.74 Å². The number of carbonyl (C=O) groups excluding carboxylic acids is 2. The minimum absolute atomic E-state index is 0.0426. The van der Waals surface area contributed by atoms with Crippen molar-refractivity contribution in [3.63, 3.8) is 0 Å². The average molecular weight is 271 g/mol. The Hall–Kier alpha value is -1.14. The molecule has 110 valence electrons. The SMILES string of the molecule is CCN1CCN(C(=O)CC(=O)NCCCOC)CC1. The van der Waals surface area contributed by atoms with Crippen molar-refractivity contribution in [1.29, 1.82) is 0 Å². The van der Waals surface area contributed by atoms with Crippen LogP contribution in [0.3, 0.4) is 0 Å². The Kier molecular flexibility index (Phi) is 7.43. The molecule has 0 bridgehead atoms. The van der Waals surface area contributed by atoms with E-state index in [1.54, 1.807) is 12.0 Å². The van der Waals surface area contributed by atoms with Crippen LogP contribution in [-0.4, -0.2) is 74.6 Å². The van der Waals surface area contributed by atoms with Crippen molar-refractivity contribution in [1.82, 2.24) is 15.1 Å². The average Bonchev–Trinajstić information content (AvgIpc) is 2.43. The zero-order valence-corrected chi connectivity index (χ0v) is 12.0. The van der Waals surface area contributed by atoms with Crippen molar-refractivity contribution in [3.8, 4) is 0 Å². The molecule has 1 aliphatic heterocycles. The number of methoxy groups -OCH3 is 1. The Balaban J connectivity index is 2.18. The first-order chi connectivity index (χ1) is 9.17. The number of ether oxygens (including phenoxy) is 1. The number of nitrogens with zero attached hydrogens (tertiary/aromatic N) is 2. The molecule has 0 aromatic rings. The summed E-state index contributed by atoms with van der Waals surface area (Å²) in [6, 6.07) is 0. The molecule has 6 heteroatoms. The monoisotopic (exact) mass is 271 g/mol. The lowest BCUT2D eigenvalue weighted by Gasteiger charge is -2.33. The molecule has 0 radical (unpaired) electrons. The van der Waals surface area contributed by atoms with Crippen LogP contribution in [0.1, 0.15) is 19.8 Å². The van der Waals surface area contributed by atoms with E-state index in [-0.39, 0.29) is 18.2 Å². The zero-order chi connectivity index (χ0) is 14.1. The van der Waals surface area contributed by atoms with Crippen LogP contribution in [0.2, 0.25) is 0 Å². The molecule has 0 unspecified atom stereocenters. The summed E-state index contributed by atoms with van der Waals surface area (Å²) in [6.07, 6.45) is 0.727. The van der Waals surface area contributed by atoms with Crippen LogP contribution in [0.5, 0.6) is 0 Å². The third-order valence-electron chi connectivity index (χ3n) is 3.33. The molecule has 0 aliphatic carbocycles. The molecule has 0 atom stereocenters. The van der Waals surface area contributed by atoms with E-state index in [2.05, 4.69) is 17.1 Å². The van der Waals surface area contributed by atoms with Crippen LogP contribution in [0.4, 0.5) is 0 Å². The Labute approximate surface area is 115 Å². The fourth-order valence-electron chi connectivity index (χ4n) is 2.07. The molecule has 0 aromatic heterocycles. The molecule has 0 spiro atoms. The van der Waals surface area contributed by atoms with Crippen molar-refractivity contribution >= 4 is 11.8 Å². The molecule has 1 aliphatic rings. The van der Waals surface area contributed by atoms with Crippen molar-refractivity contribution in [2.24, 2.45) is 0 Å². The lowest BCUT2D eigenvalue weighted by molar-refractivity contribution is -0.137. The Morgan fingerprint density at radius 1 is 1.21 bits per heavy atom. The first-order valence-corrected chi connectivity index (χ1v) is 6.93. The van der Waals surface area contributed by atoms with Crippen LogP contribution >= 0.6 is 0 Å². The third kappa shape index (κ3) is 6.02. The maximum Gasteiger partial charge on any atom is 0.232 e. The van der Waals surface area contributed by atoms with Crippen LogP contribution in [0.15, 0.2) is 0 Å². The quantitative estimate of drug-likeness (QED) is 0.510. The summed E-state index contributed by atoms with van der Waals surface area (Å²) in [5.41, 5.74) is 0. The first kappa shape index (κ1) is 15.9. The highest BCUT2D eigenvalue weighted by atomic mass is 16.5. The maximum absolute atomic E-state index is 11.9. The van der Waals surface area contributed by atoms with Gasteiger partial charge in [0.25, 0.3) is 0 Å². The van der Waals surface area contributed by atoms with Crippen LogP contribution < -0.4 is 5.32 Å². The van der Waals surface area contributed by atoms with E-state index >= 15 is 0 Å². The molecule has 1 rings (SSSR count). The highest BCUT2D eigenvalue weighted by molar-refractivity contribution is 5.96. The van der Waals surface area contributed by atoms with Crippen LogP contribution in [0, 0.1) is 0 Å². The minimum Gasteiger partial charge on any atom is -0.385 e. The number of piperazine rings is 1. The van der Waals surface area contributed by atoms with Gasteiger partial charge in [-0.25, -0.2) is 0 Å². The number of carbonyl (C=O) groups is 2. The fraction of sp³-hybridized carbons (Fsp3) is 0.846. The predicted octanol–water partition coefficient (Wildman–Crippen LogP) is -0.307. The smallest absolute Gasteiger partial charge is 0.232 e. The van der Waals surface area contributed by atoms with E-state index in [0.29, 0.717) is 13.2 Å². The van der Waals surface area contributed by atoms with Gasteiger partial charge < -0.3 is 19.9 Å². The van der Waals surface area contributed by atoms with Gasteiger partial charge in [0.15, 0.2) is 0 Å². The minimum atomic E-state index is -0.195. The molecule has 6 nitrogen and oxygen atoms in total. The standard InChI is InChI=1S/C13H25N3O3/c1-3-15-6-8-16(9-7-15)13(18)11-12(17)14-5-4-10-19-2/h3-11H2,1-2H3,(H,14,17). The molecule has 1 N–H and O–H groups in total. The second kappa shape index (κ2) is 8.87. The van der Waals surface area contributed by atoms with E-state index in [9.17, 15) is 9.59 Å². The van der Waals surface area contributed by atoms with Crippen molar-refractivity contribution in [2.75, 3.05) is 53.0 Å². The van der Waals surface area contributed by atoms with Gasteiger partial charge in [0, 0.05) is 46.4 Å². The van der Waals surface area contributed by atoms with Gasteiger partial charge in [0.05, 0.1) is 0 Å². The molecule has 1 heterocycles. The third-order valence-corrected chi connectivity index (χ3v) is 3.33. The van der Waals surface area contributed by atoms with E-state index < -0.39 is 0 Å². The molecule has 1 fully saturated rings. The maximum atomic E-state index is 11.9. The molecule has 0 aromatic carbocycles. The fourth-order valence-corrected chi connectivity index (χ4v) is 2.07. The number of hydrogen-bond acceptors (Lipinski definition) is 4. The van der Waals surface area contributed by atoms with Crippen molar-refractivity contribution < 1.29 is 14.3 Å². The van der Waals surface area contributed by atoms with Gasteiger partial charge in [-0.3, -0.25) is 9.59 Å². The summed E-state index contributed by atoms with van der Waals surface area (Å²) in [6.45, 7) is 7.56. The predicted molar refractivity (Wildman–Crippen MR) is 72.8 cm³/mol. The number of nitrogens with one attached hydrogen (secondary N) is 1. The van der Waals surface area contributed by atoms with E-state index in [1.807, 2.05) is 0 Å². The van der Waals surface area contributed by atoms with Crippen LogP contribution in [0.25, 0.3) is 0 Å².